The predicted molar refractivity (Wildman–Crippen MR) is 110 cm³/mol. The maximum atomic E-state index is 13.3. The molecule has 1 N–H and O–H groups in total. The second-order valence-electron chi connectivity index (χ2n) is 7.13. The van der Waals surface area contributed by atoms with Crippen LogP contribution in [-0.4, -0.2) is 25.5 Å². The maximum Gasteiger partial charge on any atom is 0.264 e. The molecular formula is C23H22N2O4. The number of carbonyl (C=O) groups excluding carboxylic acids is 2. The Balaban J connectivity index is 1.63. The molecule has 0 bridgehead atoms. The van der Waals surface area contributed by atoms with Crippen molar-refractivity contribution >= 4 is 23.2 Å². The van der Waals surface area contributed by atoms with Gasteiger partial charge >= 0.3 is 0 Å². The normalized spacial score (nSPS) is 14.1. The summed E-state index contributed by atoms with van der Waals surface area (Å²) in [5.74, 6) is 0.518. The molecule has 29 heavy (non-hydrogen) atoms. The van der Waals surface area contributed by atoms with Gasteiger partial charge in [-0.25, -0.2) is 0 Å². The third kappa shape index (κ3) is 3.87. The van der Waals surface area contributed by atoms with E-state index < -0.39 is 5.92 Å². The third-order valence-corrected chi connectivity index (χ3v) is 5.11. The summed E-state index contributed by atoms with van der Waals surface area (Å²) < 4.78 is 11.1. The number of benzene rings is 2. The monoisotopic (exact) mass is 390 g/mol. The highest BCUT2D eigenvalue weighted by Gasteiger charge is 2.27. The average Bonchev–Trinajstić information content (AvgIpc) is 3.23. The van der Waals surface area contributed by atoms with Crippen molar-refractivity contribution < 1.29 is 18.7 Å². The molecule has 6 heteroatoms. The van der Waals surface area contributed by atoms with Crippen LogP contribution in [0.2, 0.25) is 0 Å². The van der Waals surface area contributed by atoms with Gasteiger partial charge in [-0.05, 0) is 36.8 Å². The van der Waals surface area contributed by atoms with Gasteiger partial charge in [0.1, 0.15) is 5.76 Å². The fourth-order valence-corrected chi connectivity index (χ4v) is 3.41. The molecule has 2 amide bonds. The Morgan fingerprint density at radius 3 is 2.66 bits per heavy atom. The lowest BCUT2D eigenvalue weighted by molar-refractivity contribution is -0.121. The minimum Gasteiger partial charge on any atom is -0.479 e. The zero-order valence-corrected chi connectivity index (χ0v) is 16.3. The van der Waals surface area contributed by atoms with Crippen LogP contribution < -0.4 is 15.0 Å². The summed E-state index contributed by atoms with van der Waals surface area (Å²) in [4.78, 5) is 26.7. The predicted octanol–water partition coefficient (Wildman–Crippen LogP) is 3.91. The van der Waals surface area contributed by atoms with E-state index in [2.05, 4.69) is 5.32 Å². The molecule has 1 aliphatic rings. The number of nitrogens with zero attached hydrogens (tertiary/aromatic N) is 1. The summed E-state index contributed by atoms with van der Waals surface area (Å²) >= 11 is 0. The minimum absolute atomic E-state index is 0.0514. The van der Waals surface area contributed by atoms with Crippen LogP contribution in [0.25, 0.3) is 0 Å². The first-order chi connectivity index (χ1) is 14.0. The molecule has 0 saturated carbocycles. The van der Waals surface area contributed by atoms with Gasteiger partial charge in [0.15, 0.2) is 12.4 Å². The number of carbonyl (C=O) groups is 2. The molecule has 0 saturated heterocycles. The van der Waals surface area contributed by atoms with Gasteiger partial charge in [0.05, 0.1) is 23.6 Å². The molecule has 0 aliphatic carbocycles. The van der Waals surface area contributed by atoms with Crippen LogP contribution in [0.1, 0.15) is 22.8 Å². The molecule has 1 aromatic heterocycles. The van der Waals surface area contributed by atoms with E-state index in [1.807, 2.05) is 43.3 Å². The van der Waals surface area contributed by atoms with E-state index in [1.54, 1.807) is 31.5 Å². The van der Waals surface area contributed by atoms with Crippen LogP contribution >= 0.6 is 0 Å². The molecule has 0 radical (unpaired) electrons. The first-order valence-electron chi connectivity index (χ1n) is 9.45. The van der Waals surface area contributed by atoms with Crippen molar-refractivity contribution in [3.05, 3.63) is 77.7 Å². The number of amides is 2. The lowest BCUT2D eigenvalue weighted by atomic mass is 9.93. The number of hydrogen-bond donors (Lipinski definition) is 1. The first-order valence-corrected chi connectivity index (χ1v) is 9.45. The van der Waals surface area contributed by atoms with Gasteiger partial charge in [-0.2, -0.15) is 0 Å². The fraction of sp³-hybridized carbons (Fsp3) is 0.217. The van der Waals surface area contributed by atoms with Crippen LogP contribution in [0, 0.1) is 6.92 Å². The summed E-state index contributed by atoms with van der Waals surface area (Å²) in [6.07, 6.45) is 2.05. The number of ether oxygens (including phenoxy) is 1. The van der Waals surface area contributed by atoms with Crippen LogP contribution in [0.3, 0.4) is 0 Å². The van der Waals surface area contributed by atoms with Gasteiger partial charge in [0, 0.05) is 13.5 Å². The number of anilines is 2. The van der Waals surface area contributed by atoms with E-state index in [1.165, 1.54) is 4.90 Å². The molecule has 3 aromatic rings. The molecule has 2 heterocycles. The minimum atomic E-state index is -0.430. The molecular weight excluding hydrogens is 368 g/mol. The SMILES string of the molecule is Cc1ccc(C(Cc2ccco2)C(=O)Nc2cccc3c2OCC(=O)N3C)cc1. The molecule has 6 nitrogen and oxygen atoms in total. The molecule has 148 valence electrons. The van der Waals surface area contributed by atoms with Gasteiger partial charge in [-0.15, -0.1) is 0 Å². The van der Waals surface area contributed by atoms with E-state index in [0.29, 0.717) is 23.5 Å². The number of likely N-dealkylation sites (N-methyl/N-ethyl adjacent to an activating group) is 1. The number of aryl methyl sites for hydroxylation is 1. The third-order valence-electron chi connectivity index (χ3n) is 5.11. The summed E-state index contributed by atoms with van der Waals surface area (Å²) in [6.45, 7) is 1.96. The zero-order valence-electron chi connectivity index (χ0n) is 16.3. The molecule has 0 fully saturated rings. The topological polar surface area (TPSA) is 71.8 Å². The zero-order chi connectivity index (χ0) is 20.4. The van der Waals surface area contributed by atoms with Crippen molar-refractivity contribution in [1.82, 2.24) is 0 Å². The van der Waals surface area contributed by atoms with Crippen molar-refractivity contribution in [2.24, 2.45) is 0 Å². The van der Waals surface area contributed by atoms with Crippen LogP contribution in [0.5, 0.6) is 5.75 Å². The molecule has 4 rings (SSSR count). The van der Waals surface area contributed by atoms with Crippen LogP contribution in [-0.2, 0) is 16.0 Å². The van der Waals surface area contributed by atoms with Crippen molar-refractivity contribution in [2.45, 2.75) is 19.3 Å². The van der Waals surface area contributed by atoms with Gasteiger partial charge in [0.2, 0.25) is 5.91 Å². The van der Waals surface area contributed by atoms with Crippen molar-refractivity contribution in [3.8, 4) is 5.75 Å². The number of nitrogens with one attached hydrogen (secondary N) is 1. The standard InChI is InChI=1S/C23H22N2O4/c1-15-8-10-16(11-9-15)18(13-17-5-4-12-28-17)23(27)24-19-6-3-7-20-22(19)29-14-21(26)25(20)2/h3-12,18H,13-14H2,1-2H3,(H,24,27). The average molecular weight is 390 g/mol. The van der Waals surface area contributed by atoms with Crippen LogP contribution in [0.15, 0.2) is 65.3 Å². The summed E-state index contributed by atoms with van der Waals surface area (Å²) in [5.41, 5.74) is 3.21. The molecule has 2 aromatic carbocycles. The van der Waals surface area contributed by atoms with E-state index in [-0.39, 0.29) is 18.4 Å². The Hall–Kier alpha value is -3.54. The fourth-order valence-electron chi connectivity index (χ4n) is 3.41. The second-order valence-corrected chi connectivity index (χ2v) is 7.13. The molecule has 1 unspecified atom stereocenters. The van der Waals surface area contributed by atoms with E-state index in [4.69, 9.17) is 9.15 Å². The van der Waals surface area contributed by atoms with Crippen molar-refractivity contribution in [2.75, 3.05) is 23.9 Å². The lowest BCUT2D eigenvalue weighted by Gasteiger charge is -2.28. The van der Waals surface area contributed by atoms with E-state index in [9.17, 15) is 9.59 Å². The molecule has 0 spiro atoms. The Morgan fingerprint density at radius 2 is 1.93 bits per heavy atom. The summed E-state index contributed by atoms with van der Waals surface area (Å²) in [6, 6.07) is 17.0. The van der Waals surface area contributed by atoms with Gasteiger partial charge in [0.25, 0.3) is 5.91 Å². The number of fused-ring (bicyclic) bond motifs is 1. The van der Waals surface area contributed by atoms with Crippen LogP contribution in [0.4, 0.5) is 11.4 Å². The van der Waals surface area contributed by atoms with E-state index in [0.717, 1.165) is 16.9 Å². The highest BCUT2D eigenvalue weighted by Crippen LogP contribution is 2.38. The quantitative estimate of drug-likeness (QED) is 0.717. The number of para-hydroxylation sites is 1. The van der Waals surface area contributed by atoms with E-state index >= 15 is 0 Å². The maximum absolute atomic E-state index is 13.3. The smallest absolute Gasteiger partial charge is 0.264 e. The summed E-state index contributed by atoms with van der Waals surface area (Å²) in [7, 11) is 1.70. The number of hydrogen-bond acceptors (Lipinski definition) is 4. The number of furan rings is 1. The highest BCUT2D eigenvalue weighted by atomic mass is 16.5. The Morgan fingerprint density at radius 1 is 1.14 bits per heavy atom. The first kappa shape index (κ1) is 18.8. The Labute approximate surface area is 169 Å². The Bertz CT molecular complexity index is 1030. The second kappa shape index (κ2) is 7.83. The Kier molecular flexibility index (Phi) is 5.08. The van der Waals surface area contributed by atoms with Gasteiger partial charge < -0.3 is 19.4 Å². The van der Waals surface area contributed by atoms with Gasteiger partial charge in [-0.1, -0.05) is 35.9 Å². The molecule has 1 aliphatic heterocycles. The highest BCUT2D eigenvalue weighted by molar-refractivity contribution is 6.02. The summed E-state index contributed by atoms with van der Waals surface area (Å²) in [5, 5.41) is 2.99. The lowest BCUT2D eigenvalue weighted by Crippen LogP contribution is -2.36. The largest absolute Gasteiger partial charge is 0.479 e. The van der Waals surface area contributed by atoms with Crippen molar-refractivity contribution in [3.63, 3.8) is 0 Å². The van der Waals surface area contributed by atoms with Crippen molar-refractivity contribution in [1.29, 1.82) is 0 Å². The number of rotatable bonds is 5. The van der Waals surface area contributed by atoms with Gasteiger partial charge in [-0.3, -0.25) is 9.59 Å². The molecule has 1 atom stereocenters.